The summed E-state index contributed by atoms with van der Waals surface area (Å²) in [5, 5.41) is 6.70. The minimum Gasteiger partial charge on any atom is -0.444 e. The molecule has 1 aliphatic rings. The summed E-state index contributed by atoms with van der Waals surface area (Å²) in [6.45, 7) is 12.8. The Hall–Kier alpha value is -0.810. The van der Waals surface area contributed by atoms with Gasteiger partial charge in [0.2, 0.25) is 0 Å². The molecule has 0 bridgehead atoms. The molecule has 0 saturated heterocycles. The molecule has 1 aliphatic carbocycles. The predicted molar refractivity (Wildman–Crippen MR) is 98.3 cm³/mol. The number of methoxy groups -OCH3 is 1. The van der Waals surface area contributed by atoms with Gasteiger partial charge in [0.25, 0.3) is 0 Å². The third-order valence-corrected chi connectivity index (χ3v) is 4.67. The first-order valence-corrected chi connectivity index (χ1v) is 9.30. The molecule has 0 aromatic carbocycles. The first-order chi connectivity index (χ1) is 11.0. The minimum atomic E-state index is -0.450. The SMILES string of the molecule is COC(C)(C)CC(C)NC1CCCCC1CNC(=O)OC(C)(C)C. The Bertz CT molecular complexity index is 391. The second kappa shape index (κ2) is 9.04. The molecule has 0 aliphatic heterocycles. The smallest absolute Gasteiger partial charge is 0.407 e. The summed E-state index contributed by atoms with van der Waals surface area (Å²) in [5.74, 6) is 0.458. The van der Waals surface area contributed by atoms with Crippen molar-refractivity contribution >= 4 is 6.09 Å². The second-order valence-electron chi connectivity index (χ2n) is 8.77. The average Bonchev–Trinajstić information content (AvgIpc) is 2.44. The summed E-state index contributed by atoms with van der Waals surface area (Å²) in [6, 6.07) is 0.823. The highest BCUT2D eigenvalue weighted by Gasteiger charge is 2.29. The van der Waals surface area contributed by atoms with Crippen LogP contribution in [-0.4, -0.2) is 43.0 Å². The largest absolute Gasteiger partial charge is 0.444 e. The Balaban J connectivity index is 2.48. The van der Waals surface area contributed by atoms with Crippen molar-refractivity contribution in [2.75, 3.05) is 13.7 Å². The lowest BCUT2D eigenvalue weighted by Gasteiger charge is -2.36. The first kappa shape index (κ1) is 21.2. The van der Waals surface area contributed by atoms with Gasteiger partial charge in [0.05, 0.1) is 5.60 Å². The van der Waals surface area contributed by atoms with Gasteiger partial charge in [0, 0.05) is 25.7 Å². The number of hydrogen-bond donors (Lipinski definition) is 2. The Morgan fingerprint density at radius 3 is 2.38 bits per heavy atom. The molecular weight excluding hydrogens is 304 g/mol. The summed E-state index contributed by atoms with van der Waals surface area (Å²) in [6.07, 6.45) is 5.44. The highest BCUT2D eigenvalue weighted by atomic mass is 16.6. The van der Waals surface area contributed by atoms with E-state index in [1.807, 2.05) is 20.8 Å². The van der Waals surface area contributed by atoms with E-state index in [2.05, 4.69) is 31.4 Å². The third-order valence-electron chi connectivity index (χ3n) is 4.67. The van der Waals surface area contributed by atoms with Crippen LogP contribution in [0.25, 0.3) is 0 Å². The van der Waals surface area contributed by atoms with Crippen LogP contribution in [0.3, 0.4) is 0 Å². The topological polar surface area (TPSA) is 59.6 Å². The van der Waals surface area contributed by atoms with E-state index in [1.54, 1.807) is 7.11 Å². The zero-order valence-corrected chi connectivity index (χ0v) is 16.7. The van der Waals surface area contributed by atoms with Crippen LogP contribution >= 0.6 is 0 Å². The van der Waals surface area contributed by atoms with Crippen LogP contribution in [0.4, 0.5) is 4.79 Å². The van der Waals surface area contributed by atoms with E-state index >= 15 is 0 Å². The molecular formula is C19H38N2O3. The van der Waals surface area contributed by atoms with Crippen LogP contribution in [0.2, 0.25) is 0 Å². The number of ether oxygens (including phenoxy) is 2. The quantitative estimate of drug-likeness (QED) is 0.737. The van der Waals surface area contributed by atoms with Crippen LogP contribution in [0.5, 0.6) is 0 Å². The lowest BCUT2D eigenvalue weighted by atomic mass is 9.83. The van der Waals surface area contributed by atoms with Gasteiger partial charge < -0.3 is 20.1 Å². The van der Waals surface area contributed by atoms with E-state index in [1.165, 1.54) is 19.3 Å². The van der Waals surface area contributed by atoms with Gasteiger partial charge in [-0.15, -0.1) is 0 Å². The van der Waals surface area contributed by atoms with Crippen LogP contribution in [-0.2, 0) is 9.47 Å². The summed E-state index contributed by atoms with van der Waals surface area (Å²) in [5.41, 5.74) is -0.570. The van der Waals surface area contributed by atoms with Gasteiger partial charge in [-0.05, 0) is 66.7 Å². The number of carbonyl (C=O) groups is 1. The van der Waals surface area contributed by atoms with E-state index in [9.17, 15) is 4.79 Å². The molecule has 1 amide bonds. The molecule has 0 spiro atoms. The maximum Gasteiger partial charge on any atom is 0.407 e. The normalized spacial score (nSPS) is 23.6. The van der Waals surface area contributed by atoms with Gasteiger partial charge in [-0.25, -0.2) is 4.79 Å². The Morgan fingerprint density at radius 1 is 1.17 bits per heavy atom. The molecule has 3 atom stereocenters. The molecule has 0 heterocycles. The van der Waals surface area contributed by atoms with E-state index < -0.39 is 5.60 Å². The molecule has 0 radical (unpaired) electrons. The summed E-state index contributed by atoms with van der Waals surface area (Å²) in [4.78, 5) is 11.9. The van der Waals surface area contributed by atoms with E-state index in [4.69, 9.17) is 9.47 Å². The lowest BCUT2D eigenvalue weighted by Crippen LogP contribution is -2.49. The molecule has 24 heavy (non-hydrogen) atoms. The fourth-order valence-corrected chi connectivity index (χ4v) is 3.45. The molecule has 2 N–H and O–H groups in total. The van der Waals surface area contributed by atoms with Crippen molar-refractivity contribution < 1.29 is 14.3 Å². The van der Waals surface area contributed by atoms with Crippen molar-refractivity contribution in [2.24, 2.45) is 5.92 Å². The molecule has 1 saturated carbocycles. The monoisotopic (exact) mass is 342 g/mol. The van der Waals surface area contributed by atoms with Crippen molar-refractivity contribution in [1.82, 2.24) is 10.6 Å². The molecule has 3 unspecified atom stereocenters. The molecule has 5 nitrogen and oxygen atoms in total. The number of alkyl carbamates (subject to hydrolysis) is 1. The van der Waals surface area contributed by atoms with Gasteiger partial charge in [-0.3, -0.25) is 0 Å². The van der Waals surface area contributed by atoms with Gasteiger partial charge in [0.1, 0.15) is 5.60 Å². The summed E-state index contributed by atoms with van der Waals surface area (Å²) < 4.78 is 10.9. The zero-order valence-electron chi connectivity index (χ0n) is 16.7. The standard InChI is InChI=1S/C19H38N2O3/c1-14(12-19(5,6)23-7)21-16-11-9-8-10-15(16)13-20-17(22)24-18(2,3)4/h14-16,21H,8-13H2,1-7H3,(H,20,22). The van der Waals surface area contributed by atoms with Gasteiger partial charge in [-0.2, -0.15) is 0 Å². The number of hydrogen-bond acceptors (Lipinski definition) is 4. The average molecular weight is 343 g/mol. The maximum absolute atomic E-state index is 11.9. The van der Waals surface area contributed by atoms with Crippen molar-refractivity contribution in [3.05, 3.63) is 0 Å². The van der Waals surface area contributed by atoms with E-state index in [-0.39, 0.29) is 11.7 Å². The molecule has 5 heteroatoms. The van der Waals surface area contributed by atoms with Crippen LogP contribution in [0, 0.1) is 5.92 Å². The number of amides is 1. The lowest BCUT2D eigenvalue weighted by molar-refractivity contribution is 0.00644. The van der Waals surface area contributed by atoms with Gasteiger partial charge in [0.15, 0.2) is 0 Å². The minimum absolute atomic E-state index is 0.120. The van der Waals surface area contributed by atoms with Crippen LogP contribution in [0.15, 0.2) is 0 Å². The number of nitrogens with one attached hydrogen (secondary N) is 2. The van der Waals surface area contributed by atoms with Crippen molar-refractivity contribution in [1.29, 1.82) is 0 Å². The molecule has 142 valence electrons. The zero-order chi connectivity index (χ0) is 18.4. The molecule has 1 rings (SSSR count). The Labute approximate surface area is 148 Å². The van der Waals surface area contributed by atoms with Gasteiger partial charge >= 0.3 is 6.09 Å². The summed E-state index contributed by atoms with van der Waals surface area (Å²) in [7, 11) is 1.76. The predicted octanol–water partition coefficient (Wildman–Crippen LogP) is 3.86. The first-order valence-electron chi connectivity index (χ1n) is 9.30. The maximum atomic E-state index is 11.9. The number of rotatable bonds is 7. The highest BCUT2D eigenvalue weighted by molar-refractivity contribution is 5.67. The van der Waals surface area contributed by atoms with Crippen molar-refractivity contribution in [3.8, 4) is 0 Å². The van der Waals surface area contributed by atoms with Crippen LogP contribution in [0.1, 0.15) is 73.6 Å². The highest BCUT2D eigenvalue weighted by Crippen LogP contribution is 2.26. The summed E-state index contributed by atoms with van der Waals surface area (Å²) >= 11 is 0. The fraction of sp³-hybridized carbons (Fsp3) is 0.947. The van der Waals surface area contributed by atoms with E-state index in [0.717, 1.165) is 12.8 Å². The Morgan fingerprint density at radius 2 is 1.79 bits per heavy atom. The molecule has 1 fully saturated rings. The van der Waals surface area contributed by atoms with E-state index in [0.29, 0.717) is 24.5 Å². The fourth-order valence-electron chi connectivity index (χ4n) is 3.45. The number of carbonyl (C=O) groups excluding carboxylic acids is 1. The molecule has 0 aromatic heterocycles. The van der Waals surface area contributed by atoms with Crippen molar-refractivity contribution in [3.63, 3.8) is 0 Å². The molecule has 0 aromatic rings. The van der Waals surface area contributed by atoms with Gasteiger partial charge in [-0.1, -0.05) is 12.8 Å². The third kappa shape index (κ3) is 8.34. The van der Waals surface area contributed by atoms with Crippen molar-refractivity contribution in [2.45, 2.75) is 96.9 Å². The second-order valence-corrected chi connectivity index (χ2v) is 8.77. The van der Waals surface area contributed by atoms with Crippen LogP contribution < -0.4 is 10.6 Å². The Kier molecular flexibility index (Phi) is 8.00.